The molecule has 0 radical (unpaired) electrons. The van der Waals surface area contributed by atoms with E-state index >= 15 is 0 Å². The first-order valence-electron chi connectivity index (χ1n) is 9.36. The number of hydrogen-bond acceptors (Lipinski definition) is 4. The smallest absolute Gasteiger partial charge is 0.0483 e. The quantitative estimate of drug-likeness (QED) is 0.795. The second-order valence-electron chi connectivity index (χ2n) is 7.06. The van der Waals surface area contributed by atoms with Crippen LogP contribution >= 0.6 is 0 Å². The number of anilines is 1. The molecule has 0 saturated carbocycles. The number of aryl methyl sites for hydroxylation is 2. The molecule has 1 aliphatic heterocycles. The molecule has 25 heavy (non-hydrogen) atoms. The standard InChI is InChI=1S/C21H30N4/c1-16-4-3-5-20(14-16)25-12-8-18(9-13-25)21-19(15-23-11-10-22)7-6-17(2)24-21/h3-7,14,18,23H,8-13,15,22H2,1-2H3. The Hall–Kier alpha value is -1.91. The predicted octanol–water partition coefficient (Wildman–Crippen LogP) is 3.13. The average Bonchev–Trinajstić information content (AvgIpc) is 2.63. The Kier molecular flexibility index (Phi) is 6.05. The Morgan fingerprint density at radius 3 is 2.68 bits per heavy atom. The third-order valence-electron chi connectivity index (χ3n) is 5.04. The summed E-state index contributed by atoms with van der Waals surface area (Å²) in [6.45, 7) is 8.81. The van der Waals surface area contributed by atoms with Crippen molar-refractivity contribution in [3.63, 3.8) is 0 Å². The van der Waals surface area contributed by atoms with Crippen LogP contribution in [0.25, 0.3) is 0 Å². The number of nitrogens with zero attached hydrogens (tertiary/aromatic N) is 2. The van der Waals surface area contributed by atoms with Crippen molar-refractivity contribution in [3.05, 3.63) is 58.9 Å². The van der Waals surface area contributed by atoms with Crippen LogP contribution in [0.1, 0.15) is 41.3 Å². The Morgan fingerprint density at radius 1 is 1.16 bits per heavy atom. The summed E-state index contributed by atoms with van der Waals surface area (Å²) in [6, 6.07) is 13.2. The molecule has 3 N–H and O–H groups in total. The van der Waals surface area contributed by atoms with Gasteiger partial charge in [0.05, 0.1) is 0 Å². The van der Waals surface area contributed by atoms with Gasteiger partial charge in [0.25, 0.3) is 0 Å². The Bertz CT molecular complexity index is 690. The van der Waals surface area contributed by atoms with Crippen molar-refractivity contribution in [1.82, 2.24) is 10.3 Å². The van der Waals surface area contributed by atoms with Gasteiger partial charge in [0, 0.05) is 55.7 Å². The molecular formula is C21H30N4. The van der Waals surface area contributed by atoms with E-state index in [1.54, 1.807) is 0 Å². The van der Waals surface area contributed by atoms with Crippen molar-refractivity contribution in [1.29, 1.82) is 0 Å². The summed E-state index contributed by atoms with van der Waals surface area (Å²) in [7, 11) is 0. The fourth-order valence-electron chi connectivity index (χ4n) is 3.67. The van der Waals surface area contributed by atoms with Gasteiger partial charge in [-0.25, -0.2) is 0 Å². The molecule has 1 aromatic heterocycles. The van der Waals surface area contributed by atoms with E-state index in [1.165, 1.54) is 22.5 Å². The van der Waals surface area contributed by atoms with Gasteiger partial charge in [-0.2, -0.15) is 0 Å². The molecule has 0 spiro atoms. The van der Waals surface area contributed by atoms with E-state index in [0.29, 0.717) is 12.5 Å². The molecule has 0 unspecified atom stereocenters. The van der Waals surface area contributed by atoms with Crippen molar-refractivity contribution < 1.29 is 0 Å². The van der Waals surface area contributed by atoms with Gasteiger partial charge >= 0.3 is 0 Å². The molecule has 2 heterocycles. The Labute approximate surface area is 151 Å². The van der Waals surface area contributed by atoms with Gasteiger partial charge in [-0.05, 0) is 56.0 Å². The number of aromatic nitrogens is 1. The zero-order valence-corrected chi connectivity index (χ0v) is 15.5. The molecule has 1 fully saturated rings. The van der Waals surface area contributed by atoms with Gasteiger partial charge in [0.1, 0.15) is 0 Å². The van der Waals surface area contributed by atoms with E-state index in [9.17, 15) is 0 Å². The normalized spacial score (nSPS) is 15.6. The molecule has 1 aliphatic rings. The van der Waals surface area contributed by atoms with E-state index in [4.69, 9.17) is 10.7 Å². The first kappa shape index (κ1) is 17.9. The summed E-state index contributed by atoms with van der Waals surface area (Å²) < 4.78 is 0. The van der Waals surface area contributed by atoms with E-state index in [-0.39, 0.29) is 0 Å². The fraction of sp³-hybridized carbons (Fsp3) is 0.476. The lowest BCUT2D eigenvalue weighted by Crippen LogP contribution is -2.33. The highest BCUT2D eigenvalue weighted by molar-refractivity contribution is 5.49. The lowest BCUT2D eigenvalue weighted by molar-refractivity contribution is 0.490. The van der Waals surface area contributed by atoms with E-state index in [1.807, 2.05) is 0 Å². The molecular weight excluding hydrogens is 308 g/mol. The summed E-state index contributed by atoms with van der Waals surface area (Å²) in [5.74, 6) is 0.552. The monoisotopic (exact) mass is 338 g/mol. The van der Waals surface area contributed by atoms with Gasteiger partial charge in [-0.15, -0.1) is 0 Å². The molecule has 4 heteroatoms. The van der Waals surface area contributed by atoms with Crippen LogP contribution in [0.3, 0.4) is 0 Å². The van der Waals surface area contributed by atoms with Crippen molar-refractivity contribution in [3.8, 4) is 0 Å². The Morgan fingerprint density at radius 2 is 1.96 bits per heavy atom. The van der Waals surface area contributed by atoms with Crippen LogP contribution in [0.5, 0.6) is 0 Å². The summed E-state index contributed by atoms with van der Waals surface area (Å²) in [6.07, 6.45) is 2.32. The third-order valence-corrected chi connectivity index (χ3v) is 5.04. The Balaban J connectivity index is 1.68. The molecule has 0 aliphatic carbocycles. The van der Waals surface area contributed by atoms with Crippen LogP contribution in [0.4, 0.5) is 5.69 Å². The second-order valence-corrected chi connectivity index (χ2v) is 7.06. The maximum Gasteiger partial charge on any atom is 0.0483 e. The highest BCUT2D eigenvalue weighted by Gasteiger charge is 2.24. The zero-order valence-electron chi connectivity index (χ0n) is 15.5. The van der Waals surface area contributed by atoms with Crippen molar-refractivity contribution in [2.24, 2.45) is 5.73 Å². The largest absolute Gasteiger partial charge is 0.371 e. The summed E-state index contributed by atoms with van der Waals surface area (Å²) in [4.78, 5) is 7.40. The van der Waals surface area contributed by atoms with Gasteiger partial charge in [0.15, 0.2) is 0 Å². The number of pyridine rings is 1. The summed E-state index contributed by atoms with van der Waals surface area (Å²) >= 11 is 0. The lowest BCUT2D eigenvalue weighted by Gasteiger charge is -2.34. The van der Waals surface area contributed by atoms with Gasteiger partial charge < -0.3 is 16.0 Å². The minimum absolute atomic E-state index is 0.552. The number of nitrogens with one attached hydrogen (secondary N) is 1. The van der Waals surface area contributed by atoms with Gasteiger partial charge in [-0.1, -0.05) is 18.2 Å². The topological polar surface area (TPSA) is 54.2 Å². The third kappa shape index (κ3) is 4.59. The maximum absolute atomic E-state index is 5.60. The van der Waals surface area contributed by atoms with Crippen molar-refractivity contribution in [2.75, 3.05) is 31.1 Å². The number of hydrogen-bond donors (Lipinski definition) is 2. The number of rotatable bonds is 6. The zero-order chi connectivity index (χ0) is 17.6. The van der Waals surface area contributed by atoms with Crippen molar-refractivity contribution >= 4 is 5.69 Å². The van der Waals surface area contributed by atoms with E-state index < -0.39 is 0 Å². The first-order chi connectivity index (χ1) is 12.2. The predicted molar refractivity (Wildman–Crippen MR) is 105 cm³/mol. The highest BCUT2D eigenvalue weighted by Crippen LogP contribution is 2.31. The molecule has 1 saturated heterocycles. The highest BCUT2D eigenvalue weighted by atomic mass is 15.1. The SMILES string of the molecule is Cc1cccc(N2CCC(c3nc(C)ccc3CNCCN)CC2)c1. The molecule has 2 aromatic rings. The van der Waals surface area contributed by atoms with Crippen LogP contribution in [-0.4, -0.2) is 31.2 Å². The molecule has 0 amide bonds. The summed E-state index contributed by atoms with van der Waals surface area (Å²) in [5.41, 5.74) is 12.0. The van der Waals surface area contributed by atoms with E-state index in [2.05, 4.69) is 60.5 Å². The summed E-state index contributed by atoms with van der Waals surface area (Å²) in [5, 5.41) is 3.42. The molecule has 0 atom stereocenters. The lowest BCUT2D eigenvalue weighted by atomic mass is 9.89. The molecule has 134 valence electrons. The van der Waals surface area contributed by atoms with Crippen LogP contribution in [0.15, 0.2) is 36.4 Å². The van der Waals surface area contributed by atoms with Crippen LogP contribution in [-0.2, 0) is 6.54 Å². The minimum Gasteiger partial charge on any atom is -0.371 e. The molecule has 0 bridgehead atoms. The second kappa shape index (κ2) is 8.45. The van der Waals surface area contributed by atoms with Gasteiger partial charge in [-0.3, -0.25) is 4.98 Å². The van der Waals surface area contributed by atoms with E-state index in [0.717, 1.165) is 44.7 Å². The first-order valence-corrected chi connectivity index (χ1v) is 9.36. The van der Waals surface area contributed by atoms with Crippen LogP contribution < -0.4 is 16.0 Å². The molecule has 4 nitrogen and oxygen atoms in total. The van der Waals surface area contributed by atoms with Gasteiger partial charge in [0.2, 0.25) is 0 Å². The fourth-order valence-corrected chi connectivity index (χ4v) is 3.67. The maximum atomic E-state index is 5.60. The average molecular weight is 338 g/mol. The number of benzene rings is 1. The number of piperidine rings is 1. The van der Waals surface area contributed by atoms with Crippen LogP contribution in [0.2, 0.25) is 0 Å². The van der Waals surface area contributed by atoms with Crippen molar-refractivity contribution in [2.45, 2.75) is 39.2 Å². The van der Waals surface area contributed by atoms with Crippen LogP contribution in [0, 0.1) is 13.8 Å². The molecule has 3 rings (SSSR count). The molecule has 1 aromatic carbocycles. The minimum atomic E-state index is 0.552. The number of nitrogens with two attached hydrogens (primary N) is 1.